The molecule has 0 saturated carbocycles. The number of rotatable bonds is 7. The van der Waals surface area contributed by atoms with E-state index in [0.29, 0.717) is 24.5 Å². The zero-order chi connectivity index (χ0) is 23.8. The molecule has 1 N–H and O–H groups in total. The van der Waals surface area contributed by atoms with Gasteiger partial charge in [0.05, 0.1) is 26.8 Å². The third kappa shape index (κ3) is 3.59. The van der Waals surface area contributed by atoms with E-state index in [-0.39, 0.29) is 18.4 Å². The number of piperazine rings is 1. The van der Waals surface area contributed by atoms with Gasteiger partial charge >= 0.3 is 0 Å². The van der Waals surface area contributed by atoms with Crippen molar-refractivity contribution in [1.82, 2.24) is 14.8 Å². The van der Waals surface area contributed by atoms with E-state index in [1.165, 1.54) is 0 Å². The van der Waals surface area contributed by atoms with Crippen molar-refractivity contribution < 1.29 is 19.1 Å². The van der Waals surface area contributed by atoms with Crippen LogP contribution in [-0.2, 0) is 16.0 Å². The monoisotopic (exact) mass is 461 g/mol. The van der Waals surface area contributed by atoms with Crippen LogP contribution in [-0.4, -0.2) is 59.9 Å². The maximum Gasteiger partial charge on any atom is 0.246 e. The van der Waals surface area contributed by atoms with E-state index >= 15 is 0 Å². The number of nitrogens with one attached hydrogen (secondary N) is 1. The van der Waals surface area contributed by atoms with Crippen LogP contribution >= 0.6 is 0 Å². The van der Waals surface area contributed by atoms with Gasteiger partial charge in [-0.05, 0) is 35.7 Å². The largest absolute Gasteiger partial charge is 0.493 e. The Morgan fingerprint density at radius 2 is 1.82 bits per heavy atom. The Bertz CT molecular complexity index is 1230. The number of para-hydroxylation sites is 1. The van der Waals surface area contributed by atoms with Crippen molar-refractivity contribution in [2.24, 2.45) is 0 Å². The predicted molar refractivity (Wildman–Crippen MR) is 130 cm³/mol. The molecule has 2 aromatic carbocycles. The number of ether oxygens (including phenoxy) is 2. The van der Waals surface area contributed by atoms with Gasteiger partial charge in [0.1, 0.15) is 6.04 Å². The molecule has 0 radical (unpaired) electrons. The minimum atomic E-state index is -0.521. The lowest BCUT2D eigenvalue weighted by molar-refractivity contribution is -0.158. The van der Waals surface area contributed by atoms with Crippen molar-refractivity contribution in [2.45, 2.75) is 44.7 Å². The summed E-state index contributed by atoms with van der Waals surface area (Å²) in [6, 6.07) is 12.9. The van der Waals surface area contributed by atoms with Crippen molar-refractivity contribution in [3.8, 4) is 11.5 Å². The zero-order valence-electron chi connectivity index (χ0n) is 20.0. The van der Waals surface area contributed by atoms with Gasteiger partial charge in [-0.3, -0.25) is 9.59 Å². The summed E-state index contributed by atoms with van der Waals surface area (Å²) in [7, 11) is 3.20. The van der Waals surface area contributed by atoms with Gasteiger partial charge in [-0.2, -0.15) is 0 Å². The normalized spacial score (nSPS) is 19.9. The summed E-state index contributed by atoms with van der Waals surface area (Å²) in [4.78, 5) is 34.3. The summed E-state index contributed by atoms with van der Waals surface area (Å²) in [6.07, 6.45) is 3.55. The number of benzene rings is 2. The first-order valence-corrected chi connectivity index (χ1v) is 12.0. The Labute approximate surface area is 199 Å². The number of nitrogens with zero attached hydrogens (tertiary/aromatic N) is 2. The molecular weight excluding hydrogens is 430 g/mol. The highest BCUT2D eigenvalue weighted by Crippen LogP contribution is 2.44. The number of amides is 2. The lowest BCUT2D eigenvalue weighted by Gasteiger charge is -2.47. The molecule has 1 fully saturated rings. The number of aromatic amines is 1. The average Bonchev–Trinajstić information content (AvgIpc) is 3.23. The molecule has 0 spiro atoms. The van der Waals surface area contributed by atoms with Crippen molar-refractivity contribution in [3.63, 3.8) is 0 Å². The number of hydrogen-bond donors (Lipinski definition) is 1. The molecule has 2 atom stereocenters. The van der Waals surface area contributed by atoms with Gasteiger partial charge in [-0.15, -0.1) is 0 Å². The molecule has 3 aromatic rings. The van der Waals surface area contributed by atoms with Gasteiger partial charge in [-0.25, -0.2) is 0 Å². The average molecular weight is 462 g/mol. The highest BCUT2D eigenvalue weighted by atomic mass is 16.5. The minimum Gasteiger partial charge on any atom is -0.493 e. The highest BCUT2D eigenvalue weighted by molar-refractivity contribution is 5.97. The summed E-state index contributed by atoms with van der Waals surface area (Å²) in [5, 5.41) is 1.10. The summed E-state index contributed by atoms with van der Waals surface area (Å²) in [5.74, 6) is 1.23. The van der Waals surface area contributed by atoms with E-state index in [0.717, 1.165) is 47.0 Å². The fourth-order valence-corrected chi connectivity index (χ4v) is 5.43. The molecular formula is C27H31N3O4. The number of hydrogen-bond acceptors (Lipinski definition) is 4. The number of methoxy groups -OCH3 is 2. The molecule has 7 heteroatoms. The molecule has 34 heavy (non-hydrogen) atoms. The number of H-pyrrole nitrogens is 1. The quantitative estimate of drug-likeness (QED) is 0.539. The van der Waals surface area contributed by atoms with E-state index in [4.69, 9.17) is 9.47 Å². The van der Waals surface area contributed by atoms with Crippen LogP contribution in [0.5, 0.6) is 11.5 Å². The van der Waals surface area contributed by atoms with Crippen LogP contribution < -0.4 is 9.47 Å². The molecule has 0 bridgehead atoms. The fourth-order valence-electron chi connectivity index (χ4n) is 5.43. The van der Waals surface area contributed by atoms with Crippen molar-refractivity contribution >= 4 is 22.7 Å². The first-order valence-electron chi connectivity index (χ1n) is 12.0. The lowest BCUT2D eigenvalue weighted by atomic mass is 9.86. The van der Waals surface area contributed by atoms with Crippen LogP contribution in [0.25, 0.3) is 10.9 Å². The Kier molecular flexibility index (Phi) is 5.94. The number of aromatic nitrogens is 1. The molecule has 2 amide bonds. The van der Waals surface area contributed by atoms with E-state index in [2.05, 4.69) is 18.0 Å². The molecule has 1 saturated heterocycles. The van der Waals surface area contributed by atoms with Crippen molar-refractivity contribution in [1.29, 1.82) is 0 Å². The van der Waals surface area contributed by atoms with Gasteiger partial charge in [0.2, 0.25) is 11.8 Å². The number of fused-ring (bicyclic) bond motifs is 4. The summed E-state index contributed by atoms with van der Waals surface area (Å²) in [6.45, 7) is 2.89. The van der Waals surface area contributed by atoms with Crippen LogP contribution in [0.4, 0.5) is 0 Å². The van der Waals surface area contributed by atoms with E-state index < -0.39 is 12.1 Å². The van der Waals surface area contributed by atoms with Crippen LogP contribution in [0.2, 0.25) is 0 Å². The van der Waals surface area contributed by atoms with Crippen LogP contribution in [0, 0.1) is 0 Å². The zero-order valence-corrected chi connectivity index (χ0v) is 20.0. The maximum absolute atomic E-state index is 13.6. The Balaban J connectivity index is 1.63. The Hall–Kier alpha value is -3.48. The first-order chi connectivity index (χ1) is 16.6. The van der Waals surface area contributed by atoms with Crippen molar-refractivity contribution in [2.75, 3.05) is 27.3 Å². The second-order valence-corrected chi connectivity index (χ2v) is 9.07. The topological polar surface area (TPSA) is 74.9 Å². The molecule has 1 aromatic heterocycles. The summed E-state index contributed by atoms with van der Waals surface area (Å²) < 4.78 is 11.0. The Morgan fingerprint density at radius 3 is 2.59 bits per heavy atom. The molecule has 2 aliphatic rings. The third-order valence-corrected chi connectivity index (χ3v) is 7.10. The van der Waals surface area contributed by atoms with Gasteiger partial charge in [0.25, 0.3) is 0 Å². The van der Waals surface area contributed by atoms with Gasteiger partial charge in [-0.1, -0.05) is 44.0 Å². The van der Waals surface area contributed by atoms with Crippen LogP contribution in [0.1, 0.15) is 49.0 Å². The van der Waals surface area contributed by atoms with Crippen molar-refractivity contribution in [3.05, 3.63) is 59.3 Å². The smallest absolute Gasteiger partial charge is 0.246 e. The number of unbranched alkanes of at least 4 members (excludes halogenated alkanes) is 2. The van der Waals surface area contributed by atoms with Gasteiger partial charge < -0.3 is 24.3 Å². The highest BCUT2D eigenvalue weighted by Gasteiger charge is 2.48. The Morgan fingerprint density at radius 1 is 1.03 bits per heavy atom. The molecule has 2 aliphatic heterocycles. The van der Waals surface area contributed by atoms with E-state index in [9.17, 15) is 9.59 Å². The molecule has 178 valence electrons. The number of carbonyl (C=O) groups excluding carboxylic acids is 2. The SMILES string of the molecule is CCCCCN1CC(=O)N2C(Cc3c([nH]c4ccccc34)C2c2ccc(OC)c(OC)c2)C1=O. The second kappa shape index (κ2) is 9.05. The molecule has 3 heterocycles. The number of carbonyl (C=O) groups is 2. The van der Waals surface area contributed by atoms with Crippen LogP contribution in [0.3, 0.4) is 0 Å². The van der Waals surface area contributed by atoms with Gasteiger partial charge in [0, 0.05) is 29.6 Å². The maximum atomic E-state index is 13.6. The fraction of sp³-hybridized carbons (Fsp3) is 0.407. The summed E-state index contributed by atoms with van der Waals surface area (Å²) >= 11 is 0. The first kappa shape index (κ1) is 22.3. The molecule has 7 nitrogen and oxygen atoms in total. The standard InChI is InChI=1S/C27H31N3O4/c1-4-5-8-13-29-16-24(31)30-21(27(29)32)15-19-18-9-6-7-10-20(18)28-25(19)26(30)17-11-12-22(33-2)23(14-17)34-3/h6-7,9-12,14,21,26,28H,4-5,8,13,15-16H2,1-3H3. The minimum absolute atomic E-state index is 0.0230. The van der Waals surface area contributed by atoms with E-state index in [1.54, 1.807) is 24.0 Å². The van der Waals surface area contributed by atoms with Gasteiger partial charge in [0.15, 0.2) is 11.5 Å². The second-order valence-electron chi connectivity index (χ2n) is 9.07. The molecule has 5 rings (SSSR count). The van der Waals surface area contributed by atoms with Crippen LogP contribution in [0.15, 0.2) is 42.5 Å². The third-order valence-electron chi connectivity index (χ3n) is 7.10. The molecule has 0 aliphatic carbocycles. The summed E-state index contributed by atoms with van der Waals surface area (Å²) in [5.41, 5.74) is 3.96. The lowest BCUT2D eigenvalue weighted by Crippen LogP contribution is -2.63. The van der Waals surface area contributed by atoms with E-state index in [1.807, 2.05) is 36.4 Å². The molecule has 2 unspecified atom stereocenters. The predicted octanol–water partition coefficient (Wildman–Crippen LogP) is 4.06.